The number of phosphoric acid groups is 1. The number of unbranched alkanes of at least 4 members (excludes halogenated alkanes) is 15. The first-order chi connectivity index (χ1) is 28.8. The average molecular weight is 846 g/mol. The number of amides is 1. The third kappa shape index (κ3) is 46.1. The zero-order chi connectivity index (χ0) is 43.2. The fraction of sp³-hybridized carbons (Fsp3) is 0.673. The SMILES string of the molecule is CC/C=C\C/C=C\C/C=C\C/C=C\C/C=C\C/C=C\CCCCCCC(=O)OCC(O)COP(=O)(O)OCCNC(=O)CCCCCCC/C=C\CCCCCCCC. The van der Waals surface area contributed by atoms with Gasteiger partial charge >= 0.3 is 13.8 Å². The fourth-order valence-corrected chi connectivity index (χ4v) is 6.60. The second kappa shape index (κ2) is 44.7. The van der Waals surface area contributed by atoms with E-state index < -0.39 is 26.5 Å². The van der Waals surface area contributed by atoms with Gasteiger partial charge in [0.05, 0.1) is 13.2 Å². The van der Waals surface area contributed by atoms with E-state index >= 15 is 0 Å². The number of hydrogen-bond donors (Lipinski definition) is 3. The molecular formula is C49H84NO8P. The van der Waals surface area contributed by atoms with Crippen LogP contribution in [-0.2, 0) is 27.9 Å². The number of nitrogens with one attached hydrogen (secondary N) is 1. The summed E-state index contributed by atoms with van der Waals surface area (Å²) in [4.78, 5) is 34.0. The Hall–Kier alpha value is -2.81. The van der Waals surface area contributed by atoms with Crippen LogP contribution >= 0.6 is 7.82 Å². The number of aliphatic hydroxyl groups excluding tert-OH is 1. The van der Waals surface area contributed by atoms with E-state index in [9.17, 15) is 24.2 Å². The maximum Gasteiger partial charge on any atom is 0.472 e. The van der Waals surface area contributed by atoms with Gasteiger partial charge in [0.25, 0.3) is 0 Å². The molecule has 0 aromatic heterocycles. The zero-order valence-corrected chi connectivity index (χ0v) is 38.1. The van der Waals surface area contributed by atoms with Crippen molar-refractivity contribution in [1.29, 1.82) is 0 Å². The van der Waals surface area contributed by atoms with Gasteiger partial charge in [-0.1, -0.05) is 163 Å². The summed E-state index contributed by atoms with van der Waals surface area (Å²) in [6.45, 7) is 3.38. The number of carbonyl (C=O) groups excluding carboxylic acids is 2. The minimum absolute atomic E-state index is 0.0699. The highest BCUT2D eigenvalue weighted by molar-refractivity contribution is 7.47. The van der Waals surface area contributed by atoms with Crippen LogP contribution in [0.3, 0.4) is 0 Å². The van der Waals surface area contributed by atoms with Gasteiger partial charge < -0.3 is 20.1 Å². The van der Waals surface area contributed by atoms with Gasteiger partial charge in [-0.25, -0.2) is 4.57 Å². The molecule has 0 spiro atoms. The molecule has 2 atom stereocenters. The molecule has 10 heteroatoms. The van der Waals surface area contributed by atoms with Crippen LogP contribution in [-0.4, -0.2) is 54.3 Å². The summed E-state index contributed by atoms with van der Waals surface area (Å²) in [5.41, 5.74) is 0. The molecule has 0 aliphatic heterocycles. The zero-order valence-electron chi connectivity index (χ0n) is 37.2. The lowest BCUT2D eigenvalue weighted by Gasteiger charge is -2.15. The second-order valence-electron chi connectivity index (χ2n) is 15.0. The van der Waals surface area contributed by atoms with E-state index in [1.165, 1.54) is 51.4 Å². The maximum absolute atomic E-state index is 12.1. The van der Waals surface area contributed by atoms with Crippen molar-refractivity contribution in [1.82, 2.24) is 5.32 Å². The number of aliphatic hydroxyl groups is 1. The topological polar surface area (TPSA) is 131 Å². The van der Waals surface area contributed by atoms with Crippen LogP contribution in [0.25, 0.3) is 0 Å². The molecule has 9 nitrogen and oxygen atoms in total. The molecule has 0 aliphatic rings. The van der Waals surface area contributed by atoms with Gasteiger partial charge in [0.2, 0.25) is 5.91 Å². The van der Waals surface area contributed by atoms with Crippen molar-refractivity contribution in [2.75, 3.05) is 26.4 Å². The summed E-state index contributed by atoms with van der Waals surface area (Å²) in [5, 5.41) is 12.7. The molecule has 0 fully saturated rings. The molecule has 0 radical (unpaired) electrons. The second-order valence-corrected chi connectivity index (χ2v) is 16.4. The Morgan fingerprint density at radius 3 is 1.47 bits per heavy atom. The molecule has 0 saturated carbocycles. The Balaban J connectivity index is 3.68. The van der Waals surface area contributed by atoms with Crippen molar-refractivity contribution in [2.45, 2.75) is 187 Å². The number of esters is 1. The van der Waals surface area contributed by atoms with Crippen LogP contribution in [0, 0.1) is 0 Å². The summed E-state index contributed by atoms with van der Waals surface area (Å²) in [7, 11) is -4.43. The lowest BCUT2D eigenvalue weighted by Crippen LogP contribution is -2.27. The van der Waals surface area contributed by atoms with Gasteiger partial charge in [-0.2, -0.15) is 0 Å². The molecule has 0 aromatic rings. The predicted molar refractivity (Wildman–Crippen MR) is 247 cm³/mol. The van der Waals surface area contributed by atoms with Crippen LogP contribution in [0.1, 0.15) is 181 Å². The molecule has 0 saturated heterocycles. The van der Waals surface area contributed by atoms with E-state index in [-0.39, 0.29) is 32.1 Å². The summed E-state index contributed by atoms with van der Waals surface area (Å²) in [6.07, 6.45) is 56.5. The molecule has 0 bridgehead atoms. The van der Waals surface area contributed by atoms with Crippen LogP contribution in [0.5, 0.6) is 0 Å². The standard InChI is InChI=1S/C49H84NO8P/c1-3-5-7-9-11-13-15-17-19-20-21-22-23-24-25-26-28-30-32-34-36-38-40-42-49(53)56-45-47(51)46-58-59(54,55)57-44-43-50-48(52)41-39-37-35-33-31-29-27-18-16-14-12-10-8-6-4-2/h5,7,11,13,17-19,21-22,24-25,27-28,30,47,51H,3-4,6,8-10,12,14-16,20,23,26,29,31-46H2,1-2H3,(H,50,52)(H,54,55)/b7-5-,13-11-,19-17-,22-21-,25-24-,27-18-,30-28-. The minimum atomic E-state index is -4.43. The molecule has 0 rings (SSSR count). The van der Waals surface area contributed by atoms with Crippen molar-refractivity contribution in [3.8, 4) is 0 Å². The van der Waals surface area contributed by atoms with Crippen LogP contribution in [0.4, 0.5) is 0 Å². The number of carbonyl (C=O) groups is 2. The number of rotatable bonds is 42. The number of allylic oxidation sites excluding steroid dienone is 14. The molecule has 1 amide bonds. The van der Waals surface area contributed by atoms with E-state index in [0.717, 1.165) is 96.3 Å². The quantitative estimate of drug-likeness (QED) is 0.0240. The Labute approximate surface area is 360 Å². The molecule has 59 heavy (non-hydrogen) atoms. The van der Waals surface area contributed by atoms with Crippen molar-refractivity contribution >= 4 is 19.7 Å². The number of phosphoric ester groups is 1. The summed E-state index contributed by atoms with van der Waals surface area (Å²) in [5.74, 6) is -0.556. The normalized spacial score (nSPS) is 14.0. The van der Waals surface area contributed by atoms with E-state index in [2.05, 4.69) is 104 Å². The fourth-order valence-electron chi connectivity index (χ4n) is 5.85. The molecule has 2 unspecified atom stereocenters. The van der Waals surface area contributed by atoms with Crippen molar-refractivity contribution < 1.29 is 37.9 Å². The van der Waals surface area contributed by atoms with Crippen LogP contribution in [0.2, 0.25) is 0 Å². The first-order valence-corrected chi connectivity index (χ1v) is 24.6. The third-order valence-electron chi connectivity index (χ3n) is 9.31. The number of ether oxygens (including phenoxy) is 1. The molecule has 0 aromatic carbocycles. The largest absolute Gasteiger partial charge is 0.472 e. The summed E-state index contributed by atoms with van der Waals surface area (Å²) in [6, 6.07) is 0. The smallest absolute Gasteiger partial charge is 0.463 e. The Morgan fingerprint density at radius 1 is 0.542 bits per heavy atom. The monoisotopic (exact) mass is 846 g/mol. The first kappa shape index (κ1) is 56.2. The summed E-state index contributed by atoms with van der Waals surface area (Å²) >= 11 is 0. The van der Waals surface area contributed by atoms with E-state index in [4.69, 9.17) is 13.8 Å². The van der Waals surface area contributed by atoms with Crippen LogP contribution in [0.15, 0.2) is 85.1 Å². The van der Waals surface area contributed by atoms with Gasteiger partial charge in [-0.3, -0.25) is 18.6 Å². The lowest BCUT2D eigenvalue weighted by atomic mass is 10.1. The third-order valence-corrected chi connectivity index (χ3v) is 10.3. The molecular weight excluding hydrogens is 762 g/mol. The predicted octanol–water partition coefficient (Wildman–Crippen LogP) is 13.2. The van der Waals surface area contributed by atoms with Crippen molar-refractivity contribution in [3.05, 3.63) is 85.1 Å². The van der Waals surface area contributed by atoms with E-state index in [0.29, 0.717) is 12.8 Å². The Kier molecular flexibility index (Phi) is 42.6. The highest BCUT2D eigenvalue weighted by atomic mass is 31.2. The Bertz CT molecular complexity index is 1240. The van der Waals surface area contributed by atoms with Gasteiger partial charge in [-0.15, -0.1) is 0 Å². The summed E-state index contributed by atoms with van der Waals surface area (Å²) < 4.78 is 26.9. The van der Waals surface area contributed by atoms with E-state index in [1.807, 2.05) is 0 Å². The molecule has 338 valence electrons. The minimum Gasteiger partial charge on any atom is -0.463 e. The molecule has 3 N–H and O–H groups in total. The van der Waals surface area contributed by atoms with Gasteiger partial charge in [0, 0.05) is 19.4 Å². The highest BCUT2D eigenvalue weighted by Gasteiger charge is 2.23. The van der Waals surface area contributed by atoms with Gasteiger partial charge in [-0.05, 0) is 89.9 Å². The van der Waals surface area contributed by atoms with Gasteiger partial charge in [0.1, 0.15) is 12.7 Å². The maximum atomic E-state index is 12.1. The molecule has 0 heterocycles. The van der Waals surface area contributed by atoms with Gasteiger partial charge in [0.15, 0.2) is 0 Å². The van der Waals surface area contributed by atoms with Crippen molar-refractivity contribution in [2.24, 2.45) is 0 Å². The highest BCUT2D eigenvalue weighted by Crippen LogP contribution is 2.42. The Morgan fingerprint density at radius 2 is 0.966 bits per heavy atom. The lowest BCUT2D eigenvalue weighted by molar-refractivity contribution is -0.147. The first-order valence-electron chi connectivity index (χ1n) is 23.1. The molecule has 0 aliphatic carbocycles. The number of hydrogen-bond acceptors (Lipinski definition) is 7. The van der Waals surface area contributed by atoms with Crippen molar-refractivity contribution in [3.63, 3.8) is 0 Å². The van der Waals surface area contributed by atoms with Crippen LogP contribution < -0.4 is 5.32 Å². The van der Waals surface area contributed by atoms with E-state index in [1.54, 1.807) is 0 Å². The average Bonchev–Trinajstić information content (AvgIpc) is 3.22.